The van der Waals surface area contributed by atoms with Gasteiger partial charge in [-0.3, -0.25) is 14.5 Å². The number of nitrogens with one attached hydrogen (secondary N) is 1. The van der Waals surface area contributed by atoms with Crippen LogP contribution in [0.4, 0.5) is 5.69 Å². The van der Waals surface area contributed by atoms with Crippen molar-refractivity contribution in [1.82, 2.24) is 9.80 Å². The number of nitrogens with zero attached hydrogens (tertiary/aromatic N) is 2. The van der Waals surface area contributed by atoms with Crippen LogP contribution in [-0.4, -0.2) is 38.8 Å². The molecule has 7 heteroatoms. The summed E-state index contributed by atoms with van der Waals surface area (Å²) in [5.74, 6) is 0.255. The van der Waals surface area contributed by atoms with Crippen molar-refractivity contribution in [3.8, 4) is 0 Å². The minimum absolute atomic E-state index is 0.00239. The van der Waals surface area contributed by atoms with E-state index in [1.54, 1.807) is 18.4 Å². The predicted octanol–water partition coefficient (Wildman–Crippen LogP) is 3.01. The van der Waals surface area contributed by atoms with Crippen molar-refractivity contribution < 1.29 is 14.0 Å². The molecule has 2 aromatic rings. The molecule has 1 fully saturated rings. The summed E-state index contributed by atoms with van der Waals surface area (Å²) in [7, 11) is 0. The highest BCUT2D eigenvalue weighted by molar-refractivity contribution is 7.80. The maximum absolute atomic E-state index is 12.9. The lowest BCUT2D eigenvalue weighted by Gasteiger charge is -2.27. The van der Waals surface area contributed by atoms with Crippen LogP contribution in [0.15, 0.2) is 53.1 Å². The van der Waals surface area contributed by atoms with Crippen molar-refractivity contribution in [2.24, 2.45) is 0 Å². The Bertz CT molecular complexity index is 790. The van der Waals surface area contributed by atoms with E-state index in [9.17, 15) is 9.59 Å². The van der Waals surface area contributed by atoms with Gasteiger partial charge in [-0.1, -0.05) is 18.2 Å². The fourth-order valence-electron chi connectivity index (χ4n) is 3.05. The molecule has 2 amide bonds. The van der Waals surface area contributed by atoms with Crippen LogP contribution in [-0.2, 0) is 16.1 Å². The van der Waals surface area contributed by atoms with Crippen LogP contribution in [0.1, 0.15) is 26.0 Å². The molecule has 0 bridgehead atoms. The van der Waals surface area contributed by atoms with Gasteiger partial charge in [0.1, 0.15) is 11.8 Å². The lowest BCUT2D eigenvalue weighted by Crippen LogP contribution is -2.42. The number of hydrogen-bond acceptors (Lipinski definition) is 4. The molecule has 136 valence electrons. The number of carbonyl (C=O) groups is 2. The summed E-state index contributed by atoms with van der Waals surface area (Å²) in [5.41, 5.74) is 0.703. The van der Waals surface area contributed by atoms with Gasteiger partial charge >= 0.3 is 0 Å². The molecule has 0 saturated carbocycles. The number of thiocarbonyl (C=S) groups is 1. The number of benzene rings is 1. The highest BCUT2D eigenvalue weighted by Gasteiger charge is 2.44. The van der Waals surface area contributed by atoms with Gasteiger partial charge in [-0.15, -0.1) is 0 Å². The molecule has 3 rings (SSSR count). The zero-order valence-corrected chi connectivity index (χ0v) is 15.5. The van der Waals surface area contributed by atoms with Crippen molar-refractivity contribution in [2.75, 3.05) is 5.32 Å². The molecule has 1 aromatic carbocycles. The normalized spacial score (nSPS) is 17.3. The number of anilines is 1. The van der Waals surface area contributed by atoms with Crippen LogP contribution in [0, 0.1) is 0 Å². The third-order valence-electron chi connectivity index (χ3n) is 4.23. The predicted molar refractivity (Wildman–Crippen MR) is 102 cm³/mol. The molecular formula is C19H21N3O3S. The highest BCUT2D eigenvalue weighted by Crippen LogP contribution is 2.25. The summed E-state index contributed by atoms with van der Waals surface area (Å²) >= 11 is 5.51. The number of hydrogen-bond donors (Lipinski definition) is 1. The van der Waals surface area contributed by atoms with Gasteiger partial charge in [0.2, 0.25) is 5.91 Å². The highest BCUT2D eigenvalue weighted by atomic mass is 32.1. The lowest BCUT2D eigenvalue weighted by atomic mass is 10.1. The second-order valence-corrected chi connectivity index (χ2v) is 6.79. The van der Waals surface area contributed by atoms with Gasteiger partial charge in [0.15, 0.2) is 5.11 Å². The smallest absolute Gasteiger partial charge is 0.252 e. The standard InChI is InChI=1S/C19H21N3O3S/c1-13(2)22-16(11-17(23)20-14-7-4-3-5-8-14)18(24)21(19(22)26)12-15-9-6-10-25-15/h3-10,13,16H,11-12H2,1-2H3,(H,20,23)/t16-/m0/s1. The van der Waals surface area contributed by atoms with Gasteiger partial charge in [0.05, 0.1) is 19.2 Å². The summed E-state index contributed by atoms with van der Waals surface area (Å²) in [4.78, 5) is 28.7. The van der Waals surface area contributed by atoms with E-state index in [0.29, 0.717) is 16.6 Å². The topological polar surface area (TPSA) is 65.8 Å². The Kier molecular flexibility index (Phi) is 5.37. The molecule has 0 aliphatic carbocycles. The van der Waals surface area contributed by atoms with Crippen LogP contribution in [0.25, 0.3) is 0 Å². The Balaban J connectivity index is 1.74. The molecule has 6 nitrogen and oxygen atoms in total. The Morgan fingerprint density at radius 1 is 1.23 bits per heavy atom. The quantitative estimate of drug-likeness (QED) is 0.791. The first kappa shape index (κ1) is 18.1. The van der Waals surface area contributed by atoms with Crippen molar-refractivity contribution in [2.45, 2.75) is 38.9 Å². The first-order valence-electron chi connectivity index (χ1n) is 8.48. The van der Waals surface area contributed by atoms with Gasteiger partial charge in [-0.2, -0.15) is 0 Å². The van der Waals surface area contributed by atoms with Crippen LogP contribution < -0.4 is 5.32 Å². The van der Waals surface area contributed by atoms with Crippen molar-refractivity contribution in [3.05, 3.63) is 54.5 Å². The van der Waals surface area contributed by atoms with Crippen LogP contribution >= 0.6 is 12.2 Å². The van der Waals surface area contributed by atoms with Gasteiger partial charge < -0.3 is 14.6 Å². The Hall–Kier alpha value is -2.67. The minimum atomic E-state index is -0.610. The van der Waals surface area contributed by atoms with Crippen LogP contribution in [0.3, 0.4) is 0 Å². The Morgan fingerprint density at radius 2 is 1.96 bits per heavy atom. The molecule has 1 atom stereocenters. The molecule has 26 heavy (non-hydrogen) atoms. The summed E-state index contributed by atoms with van der Waals surface area (Å²) in [5, 5.41) is 3.26. The Labute approximate surface area is 157 Å². The average molecular weight is 371 g/mol. The second kappa shape index (κ2) is 7.70. The molecule has 2 heterocycles. The average Bonchev–Trinajstić information content (AvgIpc) is 3.19. The number of amides is 2. The molecular weight excluding hydrogens is 350 g/mol. The molecule has 1 aliphatic heterocycles. The van der Waals surface area contributed by atoms with Gasteiger partial charge in [-0.25, -0.2) is 0 Å². The van der Waals surface area contributed by atoms with E-state index in [1.807, 2.05) is 49.1 Å². The largest absolute Gasteiger partial charge is 0.467 e. The van der Waals surface area contributed by atoms with Crippen LogP contribution in [0.2, 0.25) is 0 Å². The third-order valence-corrected chi connectivity index (χ3v) is 4.66. The summed E-state index contributed by atoms with van der Waals surface area (Å²) in [6, 6.07) is 12.1. The summed E-state index contributed by atoms with van der Waals surface area (Å²) < 4.78 is 5.33. The SMILES string of the molecule is CC(C)N1C(=S)N(Cc2ccco2)C(=O)[C@@H]1CC(=O)Nc1ccccc1. The minimum Gasteiger partial charge on any atom is -0.467 e. The van der Waals surface area contributed by atoms with Gasteiger partial charge in [0, 0.05) is 11.7 Å². The summed E-state index contributed by atoms with van der Waals surface area (Å²) in [6.45, 7) is 4.18. The zero-order chi connectivity index (χ0) is 18.7. The fourth-order valence-corrected chi connectivity index (χ4v) is 3.54. The first-order chi connectivity index (χ1) is 12.5. The van der Waals surface area contributed by atoms with E-state index >= 15 is 0 Å². The number of carbonyl (C=O) groups excluding carboxylic acids is 2. The van der Waals surface area contributed by atoms with Crippen molar-refractivity contribution >= 4 is 34.8 Å². The van der Waals surface area contributed by atoms with Gasteiger partial charge in [0.25, 0.3) is 5.91 Å². The van der Waals surface area contributed by atoms with E-state index < -0.39 is 6.04 Å². The lowest BCUT2D eigenvalue weighted by molar-refractivity contribution is -0.131. The maximum Gasteiger partial charge on any atom is 0.252 e. The first-order valence-corrected chi connectivity index (χ1v) is 8.89. The third kappa shape index (κ3) is 3.77. The van der Waals surface area contributed by atoms with E-state index in [-0.39, 0.29) is 30.8 Å². The molecule has 0 radical (unpaired) electrons. The fraction of sp³-hybridized carbons (Fsp3) is 0.316. The van der Waals surface area contributed by atoms with Crippen LogP contribution in [0.5, 0.6) is 0 Å². The van der Waals surface area contributed by atoms with Gasteiger partial charge in [-0.05, 0) is 50.3 Å². The van der Waals surface area contributed by atoms with E-state index in [1.165, 1.54) is 4.90 Å². The maximum atomic E-state index is 12.9. The molecule has 0 spiro atoms. The summed E-state index contributed by atoms with van der Waals surface area (Å²) in [6.07, 6.45) is 1.60. The number of furan rings is 1. The van der Waals surface area contributed by atoms with E-state index in [2.05, 4.69) is 5.32 Å². The zero-order valence-electron chi connectivity index (χ0n) is 14.7. The number of rotatable bonds is 6. The molecule has 1 N–H and O–H groups in total. The monoisotopic (exact) mass is 371 g/mol. The molecule has 1 aliphatic rings. The molecule has 1 saturated heterocycles. The van der Waals surface area contributed by atoms with E-state index in [0.717, 1.165) is 0 Å². The van der Waals surface area contributed by atoms with Crippen molar-refractivity contribution in [3.63, 3.8) is 0 Å². The number of para-hydroxylation sites is 1. The van der Waals surface area contributed by atoms with E-state index in [4.69, 9.17) is 16.6 Å². The van der Waals surface area contributed by atoms with Crippen molar-refractivity contribution in [1.29, 1.82) is 0 Å². The Morgan fingerprint density at radius 3 is 2.58 bits per heavy atom. The molecule has 0 unspecified atom stereocenters. The molecule has 1 aromatic heterocycles. The second-order valence-electron chi connectivity index (χ2n) is 6.42.